The summed E-state index contributed by atoms with van der Waals surface area (Å²) in [6.45, 7) is -1.09. The van der Waals surface area contributed by atoms with Crippen molar-refractivity contribution in [2.45, 2.75) is 12.8 Å². The number of carbonyl (C=O) groups is 1. The molecule has 1 atom stereocenters. The molecule has 0 aliphatic carbocycles. The number of carbonyl (C=O) groups excluding carboxylic acids is 1. The highest BCUT2D eigenvalue weighted by molar-refractivity contribution is 5.76. The van der Waals surface area contributed by atoms with Gasteiger partial charge in [0.2, 0.25) is 0 Å². The molecule has 1 unspecified atom stereocenters. The molecule has 1 N–H and O–H groups in total. The topological polar surface area (TPSA) is 46.5 Å². The molecule has 0 bridgehead atoms. The van der Waals surface area contributed by atoms with E-state index in [0.29, 0.717) is 0 Å². The van der Waals surface area contributed by atoms with Gasteiger partial charge in [-0.15, -0.1) is 0 Å². The highest BCUT2D eigenvalue weighted by Gasteiger charge is 2.22. The number of aliphatic hydroxyl groups is 1. The Kier molecular flexibility index (Phi) is 3.74. The molecule has 0 saturated heterocycles. The molecule has 1 aromatic carbocycles. The number of hydrogen-bond acceptors (Lipinski definition) is 3. The van der Waals surface area contributed by atoms with Gasteiger partial charge in [0.1, 0.15) is 12.5 Å². The third kappa shape index (κ3) is 2.30. The quantitative estimate of drug-likeness (QED) is 0.779. The first-order valence-corrected chi connectivity index (χ1v) is 4.21. The van der Waals surface area contributed by atoms with Crippen molar-refractivity contribution in [3.8, 4) is 0 Å². The maximum Gasteiger partial charge on any atom is 0.339 e. The molecule has 0 fully saturated rings. The molecular formula is C10H10F2O3. The molecule has 1 aromatic rings. The maximum atomic E-state index is 13.1. The molecule has 0 saturated carbocycles. The summed E-state index contributed by atoms with van der Waals surface area (Å²) in [5.74, 6) is -1.74. The molecule has 5 heteroatoms. The summed E-state index contributed by atoms with van der Waals surface area (Å²) in [4.78, 5) is 11.0. The van der Waals surface area contributed by atoms with Crippen LogP contribution in [0, 0.1) is 5.82 Å². The van der Waals surface area contributed by atoms with Crippen LogP contribution >= 0.6 is 0 Å². The van der Waals surface area contributed by atoms with Crippen LogP contribution in [0.3, 0.4) is 0 Å². The highest BCUT2D eigenvalue weighted by Crippen LogP contribution is 2.22. The van der Waals surface area contributed by atoms with E-state index in [1.54, 1.807) is 0 Å². The Morgan fingerprint density at radius 2 is 2.27 bits per heavy atom. The van der Waals surface area contributed by atoms with Gasteiger partial charge < -0.3 is 9.84 Å². The zero-order chi connectivity index (χ0) is 11.4. The molecule has 0 aliphatic heterocycles. The van der Waals surface area contributed by atoms with Gasteiger partial charge in [0.15, 0.2) is 6.10 Å². The van der Waals surface area contributed by atoms with E-state index in [2.05, 4.69) is 4.74 Å². The van der Waals surface area contributed by atoms with Crippen molar-refractivity contribution in [2.24, 2.45) is 0 Å². The molecule has 0 spiro atoms. The second kappa shape index (κ2) is 4.84. The van der Waals surface area contributed by atoms with E-state index in [1.807, 2.05) is 0 Å². The fourth-order valence-electron chi connectivity index (χ4n) is 1.21. The first-order valence-electron chi connectivity index (χ1n) is 4.21. The number of rotatable bonds is 3. The molecular weight excluding hydrogens is 206 g/mol. The molecule has 3 nitrogen and oxygen atoms in total. The number of benzene rings is 1. The van der Waals surface area contributed by atoms with E-state index in [4.69, 9.17) is 0 Å². The number of alkyl halides is 1. The average molecular weight is 216 g/mol. The van der Waals surface area contributed by atoms with Crippen LogP contribution in [-0.2, 0) is 16.2 Å². The van der Waals surface area contributed by atoms with Gasteiger partial charge in [-0.1, -0.05) is 12.1 Å². The fourth-order valence-corrected chi connectivity index (χ4v) is 1.21. The van der Waals surface area contributed by atoms with Crippen LogP contribution in [0.5, 0.6) is 0 Å². The molecule has 0 amide bonds. The molecule has 82 valence electrons. The fraction of sp³-hybridized carbons (Fsp3) is 0.300. The van der Waals surface area contributed by atoms with Gasteiger partial charge in [-0.05, 0) is 6.07 Å². The first-order chi connectivity index (χ1) is 7.11. The molecule has 1 rings (SSSR count). The minimum atomic E-state index is -1.66. The largest absolute Gasteiger partial charge is 0.467 e. The van der Waals surface area contributed by atoms with E-state index in [0.717, 1.165) is 13.2 Å². The molecule has 15 heavy (non-hydrogen) atoms. The van der Waals surface area contributed by atoms with E-state index in [-0.39, 0.29) is 11.1 Å². The van der Waals surface area contributed by atoms with Crippen LogP contribution in [0.15, 0.2) is 18.2 Å². The van der Waals surface area contributed by atoms with Crippen LogP contribution in [0.4, 0.5) is 8.78 Å². The Bertz CT molecular complexity index is 366. The molecule has 0 aromatic heterocycles. The van der Waals surface area contributed by atoms with Crippen molar-refractivity contribution in [1.29, 1.82) is 0 Å². The summed E-state index contributed by atoms with van der Waals surface area (Å²) < 4.78 is 29.8. The van der Waals surface area contributed by atoms with Gasteiger partial charge in [-0.2, -0.15) is 0 Å². The predicted molar refractivity (Wildman–Crippen MR) is 48.2 cm³/mol. The summed E-state index contributed by atoms with van der Waals surface area (Å²) >= 11 is 0. The van der Waals surface area contributed by atoms with Crippen molar-refractivity contribution >= 4 is 5.97 Å². The minimum absolute atomic E-state index is 0.107. The highest BCUT2D eigenvalue weighted by atomic mass is 19.1. The number of halogens is 2. The van der Waals surface area contributed by atoms with Crippen molar-refractivity contribution < 1.29 is 23.4 Å². The van der Waals surface area contributed by atoms with Crippen molar-refractivity contribution in [3.05, 3.63) is 35.1 Å². The normalized spacial score (nSPS) is 12.3. The molecule has 0 radical (unpaired) electrons. The third-order valence-electron chi connectivity index (χ3n) is 2.01. The van der Waals surface area contributed by atoms with Crippen LogP contribution < -0.4 is 0 Å². The lowest BCUT2D eigenvalue weighted by atomic mass is 10.0. The summed E-state index contributed by atoms with van der Waals surface area (Å²) in [5.41, 5.74) is -0.431. The Labute approximate surface area is 85.3 Å². The second-order valence-electron chi connectivity index (χ2n) is 2.87. The second-order valence-corrected chi connectivity index (χ2v) is 2.87. The third-order valence-corrected chi connectivity index (χ3v) is 2.01. The van der Waals surface area contributed by atoms with E-state index < -0.39 is 24.6 Å². The lowest BCUT2D eigenvalue weighted by Crippen LogP contribution is -2.15. The SMILES string of the molecule is COC(=O)C(O)c1cccc(F)c1CF. The van der Waals surface area contributed by atoms with Gasteiger partial charge in [-0.3, -0.25) is 0 Å². The van der Waals surface area contributed by atoms with Gasteiger partial charge in [-0.25, -0.2) is 13.6 Å². The minimum Gasteiger partial charge on any atom is -0.467 e. The Balaban J connectivity index is 3.13. The summed E-state index contributed by atoms with van der Waals surface area (Å²) in [6.07, 6.45) is -1.66. The van der Waals surface area contributed by atoms with Gasteiger partial charge in [0.05, 0.1) is 7.11 Å². The number of hydrogen-bond donors (Lipinski definition) is 1. The zero-order valence-electron chi connectivity index (χ0n) is 8.04. The van der Waals surface area contributed by atoms with Gasteiger partial charge >= 0.3 is 5.97 Å². The molecule has 0 heterocycles. The van der Waals surface area contributed by atoms with Crippen molar-refractivity contribution in [1.82, 2.24) is 0 Å². The number of aliphatic hydroxyl groups excluding tert-OH is 1. The lowest BCUT2D eigenvalue weighted by Gasteiger charge is -2.12. The van der Waals surface area contributed by atoms with E-state index in [1.165, 1.54) is 12.1 Å². The van der Waals surface area contributed by atoms with Crippen LogP contribution in [0.25, 0.3) is 0 Å². The molecule has 0 aliphatic rings. The summed E-state index contributed by atoms with van der Waals surface area (Å²) in [6, 6.07) is 3.62. The standard InChI is InChI=1S/C10H10F2O3/c1-15-10(14)9(13)6-3-2-4-8(12)7(6)5-11/h2-4,9,13H,5H2,1H3. The smallest absolute Gasteiger partial charge is 0.339 e. The maximum absolute atomic E-state index is 13.1. The van der Waals surface area contributed by atoms with Crippen LogP contribution in [0.2, 0.25) is 0 Å². The Hall–Kier alpha value is -1.49. The average Bonchev–Trinajstić information content (AvgIpc) is 2.26. The van der Waals surface area contributed by atoms with Crippen LogP contribution in [-0.4, -0.2) is 18.2 Å². The van der Waals surface area contributed by atoms with Gasteiger partial charge in [0, 0.05) is 11.1 Å². The lowest BCUT2D eigenvalue weighted by molar-refractivity contribution is -0.150. The zero-order valence-corrected chi connectivity index (χ0v) is 8.04. The number of esters is 1. The van der Waals surface area contributed by atoms with Crippen molar-refractivity contribution in [2.75, 3.05) is 7.11 Å². The Morgan fingerprint density at radius 1 is 1.60 bits per heavy atom. The van der Waals surface area contributed by atoms with E-state index >= 15 is 0 Å². The summed E-state index contributed by atoms with van der Waals surface area (Å²) in [7, 11) is 1.08. The number of ether oxygens (including phenoxy) is 1. The van der Waals surface area contributed by atoms with E-state index in [9.17, 15) is 18.7 Å². The van der Waals surface area contributed by atoms with Crippen LogP contribution in [0.1, 0.15) is 17.2 Å². The predicted octanol–water partition coefficient (Wildman–Crippen LogP) is 1.50. The monoisotopic (exact) mass is 216 g/mol. The Morgan fingerprint density at radius 3 is 2.80 bits per heavy atom. The number of methoxy groups -OCH3 is 1. The van der Waals surface area contributed by atoms with Gasteiger partial charge in [0.25, 0.3) is 0 Å². The first kappa shape index (κ1) is 11.6. The summed E-state index contributed by atoms with van der Waals surface area (Å²) in [5, 5.41) is 9.42. The van der Waals surface area contributed by atoms with Crippen molar-refractivity contribution in [3.63, 3.8) is 0 Å².